The number of aliphatic hydroxyl groups excluding tert-OH is 6. The van der Waals surface area contributed by atoms with Crippen molar-refractivity contribution < 1.29 is 69.9 Å². The number of carboxylic acid groups (broad SMARTS) is 2. The molecule has 19 nitrogen and oxygen atoms in total. The second-order valence-electron chi connectivity index (χ2n) is 12.0. The van der Waals surface area contributed by atoms with Crippen molar-refractivity contribution in [3.05, 3.63) is 53.1 Å². The van der Waals surface area contributed by atoms with E-state index in [9.17, 15) is 49.5 Å². The van der Waals surface area contributed by atoms with Gasteiger partial charge in [0.1, 0.15) is 18.0 Å². The number of aromatic hydroxyl groups is 1. The first-order valence-electron chi connectivity index (χ1n) is 15.2. The predicted octanol–water partition coefficient (Wildman–Crippen LogP) is -4.45. The molecule has 296 valence electrons. The number of aliphatic hydroxyl groups is 6. The average molecular weight is 804 g/mol. The minimum absolute atomic E-state index is 0. The third-order valence-corrected chi connectivity index (χ3v) is 6.75. The summed E-state index contributed by atoms with van der Waals surface area (Å²) in [6, 6.07) is 3.29. The maximum Gasteiger partial charge on any atom is 2.00 e. The van der Waals surface area contributed by atoms with Crippen molar-refractivity contribution in [2.24, 2.45) is 16.6 Å². The molecule has 0 aliphatic rings. The van der Waals surface area contributed by atoms with E-state index in [1.807, 2.05) is 0 Å². The van der Waals surface area contributed by atoms with Gasteiger partial charge in [-0.3, -0.25) is 24.4 Å². The van der Waals surface area contributed by atoms with Crippen LogP contribution in [0.4, 0.5) is 0 Å². The number of primary amides is 1. The Bertz CT molecular complexity index is 1350. The van der Waals surface area contributed by atoms with Crippen molar-refractivity contribution in [2.45, 2.75) is 72.9 Å². The van der Waals surface area contributed by atoms with Gasteiger partial charge in [-0.15, -0.1) is 12.4 Å². The van der Waals surface area contributed by atoms with Crippen LogP contribution in [0.1, 0.15) is 67.7 Å². The first-order chi connectivity index (χ1) is 23.6. The van der Waals surface area contributed by atoms with E-state index < -0.39 is 52.7 Å². The van der Waals surface area contributed by atoms with E-state index >= 15 is 0 Å². The summed E-state index contributed by atoms with van der Waals surface area (Å²) in [4.78, 5) is 60.5. The molecule has 0 spiro atoms. The standard InChI is InChI=1S/2C9H17NO5.C8H11NO3.C6H6N2O.Ca.ClH/c2*1-9(2,5-11)7(14)8(15)10-4-3-6(12)13;1-5-8(12)7(4-11)6(3-10)2-9-5;7-6(9)5-2-1-3-8-4-5;;/h2*7,11,14H,3-5H2,1-2H3,(H,10,15)(H,12,13);2,10-12H,3-4H2,1H3;1-4H,(H2,7,9);;1H/q;;;;+2;/p-2/t2*7-;;;;/m00..../s1. The molecule has 11 N–H and O–H groups in total. The molecule has 2 aromatic heterocycles. The molecule has 3 amide bonds. The Morgan fingerprint density at radius 3 is 1.55 bits per heavy atom. The summed E-state index contributed by atoms with van der Waals surface area (Å²) < 4.78 is 0. The topological polar surface area (TPSA) is 349 Å². The predicted molar refractivity (Wildman–Crippen MR) is 187 cm³/mol. The quantitative estimate of drug-likeness (QED) is 0.0759. The molecule has 2 atom stereocenters. The van der Waals surface area contributed by atoms with Crippen molar-refractivity contribution in [3.63, 3.8) is 0 Å². The summed E-state index contributed by atoms with van der Waals surface area (Å²) >= 11 is 0. The number of nitrogens with two attached hydrogens (primary N) is 1. The molecular weight excluding hydrogens is 754 g/mol. The van der Waals surface area contributed by atoms with E-state index in [1.165, 1.54) is 40.1 Å². The number of carboxylic acids is 2. The third kappa shape index (κ3) is 23.2. The number of hydrogen-bond acceptors (Lipinski definition) is 16. The summed E-state index contributed by atoms with van der Waals surface area (Å²) in [5.41, 5.74) is 4.74. The van der Waals surface area contributed by atoms with E-state index in [0.717, 1.165) is 0 Å². The van der Waals surface area contributed by atoms with Gasteiger partial charge >= 0.3 is 37.7 Å². The summed E-state index contributed by atoms with van der Waals surface area (Å²) in [6.07, 6.45) is 1.11. The van der Waals surface area contributed by atoms with Gasteiger partial charge in [-0.2, -0.15) is 0 Å². The second-order valence-corrected chi connectivity index (χ2v) is 12.0. The van der Waals surface area contributed by atoms with Crippen LogP contribution in [-0.2, 0) is 32.4 Å². The van der Waals surface area contributed by atoms with Gasteiger partial charge < -0.3 is 71.9 Å². The van der Waals surface area contributed by atoms with Crippen LogP contribution in [0.15, 0.2) is 30.7 Å². The molecule has 0 bridgehead atoms. The molecule has 0 aliphatic heterocycles. The number of carbonyl (C=O) groups excluding carboxylic acids is 5. The molecule has 0 aromatic carbocycles. The fourth-order valence-electron chi connectivity index (χ4n) is 3.16. The Morgan fingerprint density at radius 2 is 1.26 bits per heavy atom. The molecule has 2 rings (SSSR count). The van der Waals surface area contributed by atoms with E-state index in [0.29, 0.717) is 22.4 Å². The number of amides is 3. The third-order valence-electron chi connectivity index (χ3n) is 6.75. The zero-order valence-electron chi connectivity index (χ0n) is 30.3. The van der Waals surface area contributed by atoms with E-state index in [2.05, 4.69) is 20.6 Å². The largest absolute Gasteiger partial charge is 2.00 e. The van der Waals surface area contributed by atoms with Crippen LogP contribution < -0.4 is 26.6 Å². The van der Waals surface area contributed by atoms with Crippen LogP contribution in [0.25, 0.3) is 0 Å². The van der Waals surface area contributed by atoms with Crippen molar-refractivity contribution >= 4 is 79.8 Å². The van der Waals surface area contributed by atoms with Crippen LogP contribution in [0.5, 0.6) is 5.75 Å². The molecule has 0 unspecified atom stereocenters. The minimum Gasteiger partial charge on any atom is -0.550 e. The number of aromatic nitrogens is 2. The molecule has 0 radical (unpaired) electrons. The maximum absolute atomic E-state index is 11.2. The van der Waals surface area contributed by atoms with Gasteiger partial charge in [0.2, 0.25) is 17.7 Å². The number of rotatable bonds is 15. The first-order valence-corrected chi connectivity index (χ1v) is 15.2. The molecule has 0 aliphatic carbocycles. The second kappa shape index (κ2) is 29.2. The van der Waals surface area contributed by atoms with Crippen molar-refractivity contribution in [3.8, 4) is 5.75 Å². The van der Waals surface area contributed by atoms with Crippen molar-refractivity contribution in [2.75, 3.05) is 26.3 Å². The fraction of sp³-hybridized carbons (Fsp3) is 0.531. The monoisotopic (exact) mass is 803 g/mol. The summed E-state index contributed by atoms with van der Waals surface area (Å²) in [6.45, 7) is 6.33. The molecule has 2 heterocycles. The Morgan fingerprint density at radius 1 is 0.830 bits per heavy atom. The average Bonchev–Trinajstić information content (AvgIpc) is 3.09. The van der Waals surface area contributed by atoms with E-state index in [-0.39, 0.29) is 108 Å². The van der Waals surface area contributed by atoms with Gasteiger partial charge in [0.05, 0.1) is 37.7 Å². The van der Waals surface area contributed by atoms with Crippen molar-refractivity contribution in [1.82, 2.24) is 20.6 Å². The number of aryl methyl sites for hydroxylation is 1. The summed E-state index contributed by atoms with van der Waals surface area (Å²) in [7, 11) is 0. The molecule has 0 fully saturated rings. The molecule has 0 saturated carbocycles. The van der Waals surface area contributed by atoms with Gasteiger partial charge in [-0.05, 0) is 19.1 Å². The smallest absolute Gasteiger partial charge is 0.550 e. The summed E-state index contributed by atoms with van der Waals surface area (Å²) in [5.74, 6) is -4.42. The van der Waals surface area contributed by atoms with Crippen LogP contribution >= 0.6 is 12.4 Å². The van der Waals surface area contributed by atoms with Gasteiger partial charge in [0, 0.05) is 78.4 Å². The zero-order chi connectivity index (χ0) is 39.9. The van der Waals surface area contributed by atoms with Gasteiger partial charge in [0.15, 0.2) is 0 Å². The molecule has 21 heteroatoms. The van der Waals surface area contributed by atoms with Crippen molar-refractivity contribution in [1.29, 1.82) is 0 Å². The summed E-state index contributed by atoms with van der Waals surface area (Å²) in [5, 5.41) is 88.3. The fourth-order valence-corrected chi connectivity index (χ4v) is 3.16. The zero-order valence-corrected chi connectivity index (χ0v) is 33.3. The number of halogens is 1. The number of nitrogens with zero attached hydrogens (tertiary/aromatic N) is 2. The van der Waals surface area contributed by atoms with Crippen LogP contribution in [0, 0.1) is 17.8 Å². The Labute approximate surface area is 343 Å². The molecule has 53 heavy (non-hydrogen) atoms. The Kier molecular flexibility index (Phi) is 31.1. The Hall–Kier alpha value is -3.24. The van der Waals surface area contributed by atoms with E-state index in [1.54, 1.807) is 25.3 Å². The number of aliphatic carboxylic acids is 2. The van der Waals surface area contributed by atoms with Gasteiger partial charge in [0.25, 0.3) is 0 Å². The number of pyridine rings is 2. The van der Waals surface area contributed by atoms with Crippen LogP contribution in [-0.4, -0.2) is 152 Å². The normalized spacial score (nSPS) is 11.4. The SMILES string of the molecule is CC(C)(CO)[C@@H](O)C(=O)NCCC(=O)[O-].CC(C)(CO)[C@@H](O)C(=O)NCCC(=O)[O-].Cc1ncc(CO)c(CO)c1O.Cl.NC(=O)c1cccnc1.[Ca+2]. The molecule has 2 aromatic rings. The number of nitrogens with one attached hydrogen (secondary N) is 2. The van der Waals surface area contributed by atoms with Gasteiger partial charge in [-0.1, -0.05) is 27.7 Å². The van der Waals surface area contributed by atoms with Crippen LogP contribution in [0.3, 0.4) is 0 Å². The molecule has 0 saturated heterocycles. The number of carbonyl (C=O) groups is 5. The first kappa shape index (κ1) is 56.5. The Balaban J connectivity index is -0.000000302. The van der Waals surface area contributed by atoms with Crippen LogP contribution in [0.2, 0.25) is 0 Å². The number of hydrogen-bond donors (Lipinski definition) is 10. The minimum atomic E-state index is -1.37. The van der Waals surface area contributed by atoms with E-state index in [4.69, 9.17) is 26.2 Å². The molecular formula is C32H50CaClN5O14. The maximum atomic E-state index is 11.2. The van der Waals surface area contributed by atoms with Gasteiger partial charge in [-0.25, -0.2) is 0 Å².